The Kier molecular flexibility index (Phi) is 1.66. The topological polar surface area (TPSA) is 17.1 Å². The van der Waals surface area contributed by atoms with Crippen molar-refractivity contribution in [3.8, 4) is 0 Å². The molecule has 0 amide bonds. The van der Waals surface area contributed by atoms with E-state index in [9.17, 15) is 13.6 Å². The summed E-state index contributed by atoms with van der Waals surface area (Å²) >= 11 is 0. The average Bonchev–Trinajstić information content (AvgIpc) is 1.96. The molecule has 0 fully saturated rings. The highest BCUT2D eigenvalue weighted by atomic mass is 19.2. The van der Waals surface area contributed by atoms with Gasteiger partial charge in [-0.1, -0.05) is 12.2 Å². The van der Waals surface area contributed by atoms with Gasteiger partial charge in [-0.25, -0.2) is 8.78 Å². The number of alkyl halides is 1. The summed E-state index contributed by atoms with van der Waals surface area (Å²) in [6, 6.07) is 0. The molecule has 0 bridgehead atoms. The lowest BCUT2D eigenvalue weighted by Gasteiger charge is -2.16. The van der Waals surface area contributed by atoms with Crippen molar-refractivity contribution in [2.45, 2.75) is 12.1 Å². The van der Waals surface area contributed by atoms with E-state index in [-0.39, 0.29) is 12.7 Å². The second kappa shape index (κ2) is 2.33. The first-order valence-corrected chi connectivity index (χ1v) is 2.87. The molecule has 0 aromatic carbocycles. The Bertz CT molecular complexity index is 208. The van der Waals surface area contributed by atoms with E-state index in [1.54, 1.807) is 0 Å². The van der Waals surface area contributed by atoms with Crippen molar-refractivity contribution in [2.75, 3.05) is 0 Å². The molecule has 0 saturated carbocycles. The van der Waals surface area contributed by atoms with Crippen molar-refractivity contribution >= 4 is 6.29 Å². The molecule has 1 nitrogen and oxygen atoms in total. The summed E-state index contributed by atoms with van der Waals surface area (Å²) in [5.74, 6) is -1.01. The fourth-order valence-electron chi connectivity index (χ4n) is 0.733. The standard InChI is InChI=1S/C7H6F2O/c8-6-3-1-2-4-7(6,9)5-10/h1-3,5H,4H2. The Balaban J connectivity index is 2.91. The Morgan fingerprint density at radius 2 is 2.40 bits per heavy atom. The zero-order valence-electron chi connectivity index (χ0n) is 5.18. The molecule has 0 radical (unpaired) electrons. The molecule has 3 heteroatoms. The van der Waals surface area contributed by atoms with Gasteiger partial charge in [0.2, 0.25) is 5.67 Å². The molecule has 0 aromatic rings. The van der Waals surface area contributed by atoms with Gasteiger partial charge >= 0.3 is 0 Å². The van der Waals surface area contributed by atoms with Crippen LogP contribution in [0.3, 0.4) is 0 Å². The fourth-order valence-corrected chi connectivity index (χ4v) is 0.733. The molecule has 1 unspecified atom stereocenters. The lowest BCUT2D eigenvalue weighted by Crippen LogP contribution is -2.26. The summed E-state index contributed by atoms with van der Waals surface area (Å²) in [4.78, 5) is 10.0. The summed E-state index contributed by atoms with van der Waals surface area (Å²) in [6.45, 7) is 0. The zero-order valence-corrected chi connectivity index (χ0v) is 5.18. The second-order valence-corrected chi connectivity index (χ2v) is 2.13. The molecule has 0 spiro atoms. The van der Waals surface area contributed by atoms with Gasteiger partial charge in [0.15, 0.2) is 6.29 Å². The normalized spacial score (nSPS) is 31.6. The monoisotopic (exact) mass is 144 g/mol. The first-order chi connectivity index (χ1) is 4.69. The van der Waals surface area contributed by atoms with Crippen molar-refractivity contribution < 1.29 is 13.6 Å². The van der Waals surface area contributed by atoms with Crippen LogP contribution in [-0.4, -0.2) is 12.0 Å². The van der Waals surface area contributed by atoms with Gasteiger partial charge in [0.05, 0.1) is 0 Å². The molecule has 54 valence electrons. The molecule has 1 aliphatic carbocycles. The highest BCUT2D eigenvalue weighted by Crippen LogP contribution is 2.28. The van der Waals surface area contributed by atoms with Crippen molar-refractivity contribution in [1.29, 1.82) is 0 Å². The number of hydrogen-bond acceptors (Lipinski definition) is 1. The highest BCUT2D eigenvalue weighted by molar-refractivity contribution is 5.68. The molecular weight excluding hydrogens is 138 g/mol. The quantitative estimate of drug-likeness (QED) is 0.512. The lowest BCUT2D eigenvalue weighted by atomic mass is 9.98. The van der Waals surface area contributed by atoms with Crippen LogP contribution in [0.25, 0.3) is 0 Å². The van der Waals surface area contributed by atoms with E-state index in [1.807, 2.05) is 0 Å². The molecule has 1 rings (SSSR count). The number of rotatable bonds is 1. The van der Waals surface area contributed by atoms with Crippen molar-refractivity contribution in [2.24, 2.45) is 0 Å². The zero-order chi connectivity index (χ0) is 7.61. The number of hydrogen-bond donors (Lipinski definition) is 0. The maximum Gasteiger partial charge on any atom is 0.219 e. The summed E-state index contributed by atoms with van der Waals surface area (Å²) in [7, 11) is 0. The van der Waals surface area contributed by atoms with Crippen LogP contribution < -0.4 is 0 Å². The molecule has 1 aliphatic rings. The summed E-state index contributed by atoms with van der Waals surface area (Å²) in [5, 5.41) is 0. The van der Waals surface area contributed by atoms with E-state index in [0.29, 0.717) is 0 Å². The van der Waals surface area contributed by atoms with Crippen LogP contribution in [0, 0.1) is 0 Å². The third-order valence-corrected chi connectivity index (χ3v) is 1.38. The first kappa shape index (κ1) is 7.12. The number of allylic oxidation sites excluding steroid dienone is 4. The first-order valence-electron chi connectivity index (χ1n) is 2.87. The highest BCUT2D eigenvalue weighted by Gasteiger charge is 2.34. The summed E-state index contributed by atoms with van der Waals surface area (Å²) in [5.41, 5.74) is -2.39. The van der Waals surface area contributed by atoms with Crippen LogP contribution in [0.2, 0.25) is 0 Å². The van der Waals surface area contributed by atoms with Crippen LogP contribution in [0.1, 0.15) is 6.42 Å². The third kappa shape index (κ3) is 0.988. The molecule has 1 atom stereocenters. The number of aldehydes is 1. The van der Waals surface area contributed by atoms with Crippen molar-refractivity contribution in [3.63, 3.8) is 0 Å². The Hall–Kier alpha value is -0.990. The third-order valence-electron chi connectivity index (χ3n) is 1.38. The Morgan fingerprint density at radius 1 is 1.70 bits per heavy atom. The summed E-state index contributed by atoms with van der Waals surface area (Å²) < 4.78 is 25.3. The largest absolute Gasteiger partial charge is 0.299 e. The molecule has 0 saturated heterocycles. The minimum absolute atomic E-state index is 0.0116. The van der Waals surface area contributed by atoms with Gasteiger partial charge in [-0.3, -0.25) is 4.79 Å². The van der Waals surface area contributed by atoms with E-state index in [4.69, 9.17) is 0 Å². The van der Waals surface area contributed by atoms with Crippen molar-refractivity contribution in [1.82, 2.24) is 0 Å². The fraction of sp³-hybridized carbons (Fsp3) is 0.286. The van der Waals surface area contributed by atoms with Crippen molar-refractivity contribution in [3.05, 3.63) is 24.1 Å². The van der Waals surface area contributed by atoms with Crippen LogP contribution >= 0.6 is 0 Å². The SMILES string of the molecule is O=CC1(F)CC=CC=C1F. The van der Waals surface area contributed by atoms with Gasteiger partial charge in [-0.05, 0) is 6.08 Å². The van der Waals surface area contributed by atoms with Gasteiger partial charge in [0, 0.05) is 6.42 Å². The molecule has 10 heavy (non-hydrogen) atoms. The maximum atomic E-state index is 12.8. The second-order valence-electron chi connectivity index (χ2n) is 2.13. The molecule has 0 N–H and O–H groups in total. The van der Waals surface area contributed by atoms with Crippen LogP contribution in [0.5, 0.6) is 0 Å². The van der Waals surface area contributed by atoms with E-state index in [1.165, 1.54) is 12.2 Å². The Morgan fingerprint density at radius 3 is 2.80 bits per heavy atom. The van der Waals surface area contributed by atoms with Gasteiger partial charge in [0.25, 0.3) is 0 Å². The molecule has 0 heterocycles. The predicted octanol–water partition coefficient (Wildman–Crippen LogP) is 1.71. The average molecular weight is 144 g/mol. The minimum atomic E-state index is -2.39. The van der Waals surface area contributed by atoms with Crippen LogP contribution in [-0.2, 0) is 4.79 Å². The van der Waals surface area contributed by atoms with Crippen LogP contribution in [0.15, 0.2) is 24.1 Å². The molecule has 0 aliphatic heterocycles. The predicted molar refractivity (Wildman–Crippen MR) is 32.9 cm³/mol. The molecule has 0 aromatic heterocycles. The lowest BCUT2D eigenvalue weighted by molar-refractivity contribution is -0.116. The number of halogens is 2. The summed E-state index contributed by atoms with van der Waals surface area (Å²) in [6.07, 6.45) is 3.55. The van der Waals surface area contributed by atoms with Crippen LogP contribution in [0.4, 0.5) is 8.78 Å². The maximum absolute atomic E-state index is 12.8. The number of carbonyl (C=O) groups is 1. The van der Waals surface area contributed by atoms with Gasteiger partial charge < -0.3 is 0 Å². The molecular formula is C7H6F2O. The van der Waals surface area contributed by atoms with Gasteiger partial charge in [-0.15, -0.1) is 0 Å². The minimum Gasteiger partial charge on any atom is -0.299 e. The number of carbonyl (C=O) groups excluding carboxylic acids is 1. The smallest absolute Gasteiger partial charge is 0.219 e. The van der Waals surface area contributed by atoms with E-state index < -0.39 is 11.5 Å². The van der Waals surface area contributed by atoms with E-state index >= 15 is 0 Å². The Labute approximate surface area is 57.0 Å². The van der Waals surface area contributed by atoms with Gasteiger partial charge in [-0.2, -0.15) is 0 Å². The van der Waals surface area contributed by atoms with E-state index in [2.05, 4.69) is 0 Å². The van der Waals surface area contributed by atoms with E-state index in [0.717, 1.165) is 6.08 Å². The van der Waals surface area contributed by atoms with Gasteiger partial charge in [0.1, 0.15) is 5.83 Å².